The van der Waals surface area contributed by atoms with Crippen LogP contribution in [0, 0.1) is 0 Å². The van der Waals surface area contributed by atoms with E-state index < -0.39 is 0 Å². The number of para-hydroxylation sites is 1. The number of hydrogen-bond donors (Lipinski definition) is 0. The Morgan fingerprint density at radius 1 is 0.286 bits per heavy atom. The van der Waals surface area contributed by atoms with Crippen molar-refractivity contribution in [2.45, 2.75) is 0 Å². The van der Waals surface area contributed by atoms with Crippen LogP contribution >= 0.6 is 0 Å². The quantitative estimate of drug-likeness (QED) is 0.181. The summed E-state index contributed by atoms with van der Waals surface area (Å²) in [5.41, 5.74) is 7.97. The molecule has 0 atom stereocenters. The maximum Gasteiger partial charge on any atom is 0.164 e. The van der Waals surface area contributed by atoms with E-state index in [0.29, 0.717) is 17.5 Å². The maximum atomic E-state index is 6.79. The van der Waals surface area contributed by atoms with Gasteiger partial charge in [-0.25, -0.2) is 15.0 Å². The summed E-state index contributed by atoms with van der Waals surface area (Å²) in [5, 5.41) is 10.8. The van der Waals surface area contributed by atoms with Crippen LogP contribution in [0.15, 0.2) is 185 Å². The third-order valence-electron chi connectivity index (χ3n) is 11.1. The molecule has 0 bridgehead atoms. The Balaban J connectivity index is 1.20. The van der Waals surface area contributed by atoms with Gasteiger partial charge in [0.25, 0.3) is 0 Å². The molecule has 3 heterocycles. The van der Waals surface area contributed by atoms with E-state index in [1.807, 2.05) is 30.3 Å². The van der Waals surface area contributed by atoms with E-state index in [4.69, 9.17) is 23.8 Å². The second kappa shape index (κ2) is 11.9. The zero-order chi connectivity index (χ0) is 36.7. The lowest BCUT2D eigenvalue weighted by molar-refractivity contribution is 0.669. The van der Waals surface area contributed by atoms with Gasteiger partial charge in [0, 0.05) is 38.2 Å². The first-order valence-corrected chi connectivity index (χ1v) is 18.8. The third-order valence-corrected chi connectivity index (χ3v) is 11.1. The molecule has 3 aromatic heterocycles. The molecule has 0 fully saturated rings. The van der Waals surface area contributed by atoms with Crippen LogP contribution in [0.2, 0.25) is 0 Å². The van der Waals surface area contributed by atoms with Crippen molar-refractivity contribution >= 4 is 76.2 Å². The molecular weight excluding hydrogens is 687 g/mol. The van der Waals surface area contributed by atoms with Gasteiger partial charge in [-0.3, -0.25) is 0 Å². The first-order valence-electron chi connectivity index (χ1n) is 18.8. The highest BCUT2D eigenvalue weighted by molar-refractivity contribution is 6.17. The number of hydrogen-bond acceptors (Lipinski definition) is 5. The normalized spacial score (nSPS) is 11.9. The van der Waals surface area contributed by atoms with Crippen LogP contribution in [0.1, 0.15) is 0 Å². The van der Waals surface area contributed by atoms with Crippen molar-refractivity contribution in [1.29, 1.82) is 0 Å². The molecule has 260 valence electrons. The zero-order valence-corrected chi connectivity index (χ0v) is 29.9. The van der Waals surface area contributed by atoms with Gasteiger partial charge in [-0.2, -0.15) is 0 Å². The standard InChI is InChI=1S/C51H29N3O2/c1-2-13-32-25-35(24-23-30(32)11-1)49-52-50(40-20-10-22-44-47(40)39-18-7-8-21-43(39)55-44)54-51(53-49)42-27-36(38-19-9-16-31-12-5-6-17-37(31)38)29-46-48(42)41-26-33-14-3-4-15-34(33)28-45(41)56-46/h1-29H. The molecule has 0 aliphatic heterocycles. The molecule has 0 radical (unpaired) electrons. The van der Waals surface area contributed by atoms with Crippen LogP contribution in [-0.2, 0) is 0 Å². The lowest BCUT2D eigenvalue weighted by Gasteiger charge is -2.13. The summed E-state index contributed by atoms with van der Waals surface area (Å²) >= 11 is 0. The van der Waals surface area contributed by atoms with Crippen molar-refractivity contribution in [1.82, 2.24) is 15.0 Å². The molecule has 0 spiro atoms. The van der Waals surface area contributed by atoms with Gasteiger partial charge in [-0.15, -0.1) is 0 Å². The summed E-state index contributed by atoms with van der Waals surface area (Å²) in [6.45, 7) is 0. The van der Waals surface area contributed by atoms with E-state index in [2.05, 4.69) is 146 Å². The summed E-state index contributed by atoms with van der Waals surface area (Å²) < 4.78 is 13.1. The van der Waals surface area contributed by atoms with Gasteiger partial charge in [0.05, 0.1) is 0 Å². The minimum atomic E-state index is 0.561. The maximum absolute atomic E-state index is 6.79. The minimum absolute atomic E-state index is 0.561. The third kappa shape index (κ3) is 4.78. The van der Waals surface area contributed by atoms with E-state index in [9.17, 15) is 0 Å². The zero-order valence-electron chi connectivity index (χ0n) is 29.9. The lowest BCUT2D eigenvalue weighted by Crippen LogP contribution is -2.01. The van der Waals surface area contributed by atoms with Gasteiger partial charge in [-0.1, -0.05) is 133 Å². The van der Waals surface area contributed by atoms with Crippen LogP contribution in [0.4, 0.5) is 0 Å². The SMILES string of the molecule is c1ccc2cc(-c3nc(-c4cccc5oc6ccccc6c45)nc(-c4cc(-c5cccc6ccccc56)cc5oc6cc7ccccc7cc6c45)n3)ccc2c1. The van der Waals surface area contributed by atoms with Crippen molar-refractivity contribution in [2.75, 3.05) is 0 Å². The Morgan fingerprint density at radius 3 is 1.73 bits per heavy atom. The van der Waals surface area contributed by atoms with E-state index in [-0.39, 0.29) is 0 Å². The smallest absolute Gasteiger partial charge is 0.164 e. The van der Waals surface area contributed by atoms with Gasteiger partial charge in [0.1, 0.15) is 22.3 Å². The summed E-state index contributed by atoms with van der Waals surface area (Å²) in [5.74, 6) is 1.71. The summed E-state index contributed by atoms with van der Waals surface area (Å²) in [6.07, 6.45) is 0. The van der Waals surface area contributed by atoms with E-state index in [1.165, 1.54) is 5.39 Å². The summed E-state index contributed by atoms with van der Waals surface area (Å²) in [7, 11) is 0. The fraction of sp³-hybridized carbons (Fsp3) is 0. The monoisotopic (exact) mass is 715 g/mol. The molecule has 12 aromatic rings. The molecule has 5 heteroatoms. The fourth-order valence-electron chi connectivity index (χ4n) is 8.44. The first-order chi connectivity index (χ1) is 27.7. The Morgan fingerprint density at radius 2 is 0.875 bits per heavy atom. The van der Waals surface area contributed by atoms with Crippen molar-refractivity contribution in [2.24, 2.45) is 0 Å². The molecule has 0 aliphatic rings. The Kier molecular flexibility index (Phi) is 6.56. The van der Waals surface area contributed by atoms with Crippen molar-refractivity contribution < 1.29 is 8.83 Å². The molecule has 0 aliphatic carbocycles. The van der Waals surface area contributed by atoms with Crippen LogP contribution in [0.5, 0.6) is 0 Å². The van der Waals surface area contributed by atoms with Crippen LogP contribution in [0.3, 0.4) is 0 Å². The summed E-state index contributed by atoms with van der Waals surface area (Å²) in [4.78, 5) is 16.0. The summed E-state index contributed by atoms with van der Waals surface area (Å²) in [6, 6.07) is 61.1. The van der Waals surface area contributed by atoms with Gasteiger partial charge < -0.3 is 8.83 Å². The Labute approximate surface area is 320 Å². The molecule has 12 rings (SSSR count). The van der Waals surface area contributed by atoms with Gasteiger partial charge >= 0.3 is 0 Å². The average molecular weight is 716 g/mol. The highest BCUT2D eigenvalue weighted by Gasteiger charge is 2.22. The van der Waals surface area contributed by atoms with Gasteiger partial charge in [-0.05, 0) is 85.9 Å². The van der Waals surface area contributed by atoms with Crippen molar-refractivity contribution in [3.05, 3.63) is 176 Å². The highest BCUT2D eigenvalue weighted by atomic mass is 16.3. The molecular formula is C51H29N3O2. The van der Waals surface area contributed by atoms with Crippen molar-refractivity contribution in [3.63, 3.8) is 0 Å². The molecule has 9 aromatic carbocycles. The second-order valence-corrected chi connectivity index (χ2v) is 14.4. The number of aromatic nitrogens is 3. The molecule has 0 saturated heterocycles. The predicted octanol–water partition coefficient (Wildman–Crippen LogP) is 13.8. The van der Waals surface area contributed by atoms with Gasteiger partial charge in [0.2, 0.25) is 0 Å². The van der Waals surface area contributed by atoms with Crippen LogP contribution in [0.25, 0.3) is 121 Å². The highest BCUT2D eigenvalue weighted by Crippen LogP contribution is 2.43. The Bertz CT molecular complexity index is 3550. The van der Waals surface area contributed by atoms with E-state index in [1.54, 1.807) is 0 Å². The van der Waals surface area contributed by atoms with E-state index in [0.717, 1.165) is 98.6 Å². The molecule has 0 unspecified atom stereocenters. The molecule has 56 heavy (non-hydrogen) atoms. The minimum Gasteiger partial charge on any atom is -0.456 e. The number of furan rings is 2. The average Bonchev–Trinajstić information content (AvgIpc) is 3.82. The largest absolute Gasteiger partial charge is 0.456 e. The molecule has 0 saturated carbocycles. The predicted molar refractivity (Wildman–Crippen MR) is 229 cm³/mol. The molecule has 5 nitrogen and oxygen atoms in total. The fourth-order valence-corrected chi connectivity index (χ4v) is 8.44. The van der Waals surface area contributed by atoms with E-state index >= 15 is 0 Å². The van der Waals surface area contributed by atoms with Crippen molar-refractivity contribution in [3.8, 4) is 45.3 Å². The first kappa shape index (κ1) is 30.8. The van der Waals surface area contributed by atoms with Crippen LogP contribution in [-0.4, -0.2) is 15.0 Å². The number of fused-ring (bicyclic) bond motifs is 9. The number of nitrogens with zero attached hydrogens (tertiary/aromatic N) is 3. The lowest BCUT2D eigenvalue weighted by atomic mass is 9.94. The second-order valence-electron chi connectivity index (χ2n) is 14.4. The Hall–Kier alpha value is -7.63. The molecule has 0 N–H and O–H groups in total. The number of rotatable bonds is 4. The number of benzene rings is 9. The topological polar surface area (TPSA) is 65.0 Å². The molecule has 0 amide bonds. The van der Waals surface area contributed by atoms with Crippen LogP contribution < -0.4 is 0 Å². The van der Waals surface area contributed by atoms with Gasteiger partial charge in [0.15, 0.2) is 17.5 Å².